The molecule has 2 amide bonds. The zero-order valence-electron chi connectivity index (χ0n) is 20.9. The second-order valence-electron chi connectivity index (χ2n) is 10.5. The normalized spacial score (nSPS) is 19.1. The van der Waals surface area contributed by atoms with Gasteiger partial charge in [0.15, 0.2) is 0 Å². The molecule has 2 aliphatic rings. The number of amides is 2. The lowest BCUT2D eigenvalue weighted by Gasteiger charge is -2.46. The molecule has 0 bridgehead atoms. The molecule has 0 aromatic carbocycles. The minimum Gasteiger partial charge on any atom is -0.475 e. The van der Waals surface area contributed by atoms with E-state index in [1.807, 2.05) is 11.5 Å². The van der Waals surface area contributed by atoms with Crippen molar-refractivity contribution in [2.24, 2.45) is 0 Å². The molecule has 198 valence electrons. The number of aromatic nitrogens is 2. The molecule has 1 saturated heterocycles. The van der Waals surface area contributed by atoms with Crippen LogP contribution in [0.4, 0.5) is 18.0 Å². The van der Waals surface area contributed by atoms with Gasteiger partial charge >= 0.3 is 18.2 Å². The number of aliphatic carboxylic acids is 1. The number of hydrogen-bond donors (Lipinski definition) is 4. The smallest absolute Gasteiger partial charge is 0.475 e. The minimum absolute atomic E-state index is 0.0136. The molecule has 1 fully saturated rings. The average Bonchev–Trinajstić information content (AvgIpc) is 2.67. The number of aryl methyl sites for hydroxylation is 2. The molecule has 12 heteroatoms. The predicted octanol–water partition coefficient (Wildman–Crippen LogP) is 2.67. The lowest BCUT2D eigenvalue weighted by molar-refractivity contribution is -0.192. The first-order valence-electron chi connectivity index (χ1n) is 11.7. The first-order chi connectivity index (χ1) is 16.0. The number of rotatable bonds is 4. The first-order valence-corrected chi connectivity index (χ1v) is 11.7. The first kappa shape index (κ1) is 28.6. The van der Waals surface area contributed by atoms with Crippen LogP contribution in [0.3, 0.4) is 0 Å². The van der Waals surface area contributed by atoms with Crippen LogP contribution in [0.15, 0.2) is 4.79 Å². The summed E-state index contributed by atoms with van der Waals surface area (Å²) in [7, 11) is 0. The predicted molar refractivity (Wildman–Crippen MR) is 124 cm³/mol. The average molecular weight is 504 g/mol. The van der Waals surface area contributed by atoms with Crippen molar-refractivity contribution >= 4 is 12.0 Å². The molecule has 3 rings (SSSR count). The molecule has 9 nitrogen and oxygen atoms in total. The van der Waals surface area contributed by atoms with Gasteiger partial charge in [0, 0.05) is 47.9 Å². The molecule has 35 heavy (non-hydrogen) atoms. The lowest BCUT2D eigenvalue weighted by atomic mass is 9.80. The summed E-state index contributed by atoms with van der Waals surface area (Å²) in [5, 5.41) is 16.8. The number of alkyl halides is 3. The number of carboxylic acids is 1. The summed E-state index contributed by atoms with van der Waals surface area (Å²) in [6.45, 7) is 11.7. The number of piperidine rings is 1. The van der Waals surface area contributed by atoms with Crippen LogP contribution in [0, 0.1) is 6.92 Å². The Morgan fingerprint density at radius 2 is 1.74 bits per heavy atom. The maximum Gasteiger partial charge on any atom is 0.490 e. The highest BCUT2D eigenvalue weighted by atomic mass is 19.4. The van der Waals surface area contributed by atoms with Gasteiger partial charge in [-0.15, -0.1) is 0 Å². The van der Waals surface area contributed by atoms with Crippen LogP contribution < -0.4 is 21.5 Å². The van der Waals surface area contributed by atoms with E-state index in [4.69, 9.17) is 9.90 Å². The van der Waals surface area contributed by atoms with Gasteiger partial charge in [-0.3, -0.25) is 9.36 Å². The molecule has 0 aliphatic carbocycles. The van der Waals surface area contributed by atoms with Gasteiger partial charge in [-0.05, 0) is 66.7 Å². The molecular weight excluding hydrogens is 467 g/mol. The van der Waals surface area contributed by atoms with Crippen LogP contribution in [0.25, 0.3) is 0 Å². The minimum atomic E-state index is -5.08. The zero-order valence-corrected chi connectivity index (χ0v) is 20.9. The maximum absolute atomic E-state index is 12.8. The van der Waals surface area contributed by atoms with Crippen LogP contribution in [-0.4, -0.2) is 56.5 Å². The largest absolute Gasteiger partial charge is 0.490 e. The van der Waals surface area contributed by atoms with Gasteiger partial charge in [0.25, 0.3) is 5.56 Å². The van der Waals surface area contributed by atoms with Gasteiger partial charge in [0.05, 0.1) is 0 Å². The highest BCUT2D eigenvalue weighted by molar-refractivity contribution is 5.74. The van der Waals surface area contributed by atoms with Gasteiger partial charge in [-0.1, -0.05) is 0 Å². The van der Waals surface area contributed by atoms with Crippen molar-refractivity contribution in [3.05, 3.63) is 27.4 Å². The van der Waals surface area contributed by atoms with E-state index < -0.39 is 12.1 Å². The van der Waals surface area contributed by atoms with Crippen LogP contribution in [-0.2, 0) is 24.2 Å². The van der Waals surface area contributed by atoms with Gasteiger partial charge in [-0.25, -0.2) is 14.6 Å². The van der Waals surface area contributed by atoms with Gasteiger partial charge in [0.2, 0.25) is 0 Å². The monoisotopic (exact) mass is 503 g/mol. The maximum atomic E-state index is 12.8. The third-order valence-electron chi connectivity index (χ3n) is 6.01. The molecule has 2 aliphatic heterocycles. The molecule has 3 heterocycles. The topological polar surface area (TPSA) is 125 Å². The Kier molecular flexibility index (Phi) is 8.96. The van der Waals surface area contributed by atoms with E-state index in [1.165, 1.54) is 0 Å². The molecule has 0 radical (unpaired) electrons. The Morgan fingerprint density at radius 3 is 2.29 bits per heavy atom. The van der Waals surface area contributed by atoms with E-state index in [1.54, 1.807) is 0 Å². The number of nitrogens with one attached hydrogen (secondary N) is 3. The summed E-state index contributed by atoms with van der Waals surface area (Å²) >= 11 is 0. The van der Waals surface area contributed by atoms with Crippen LogP contribution in [0.2, 0.25) is 0 Å². The Morgan fingerprint density at radius 1 is 1.17 bits per heavy atom. The third kappa shape index (κ3) is 8.52. The summed E-state index contributed by atoms with van der Waals surface area (Å²) in [5.74, 6) is -1.85. The zero-order chi connectivity index (χ0) is 26.6. The van der Waals surface area contributed by atoms with E-state index in [9.17, 15) is 22.8 Å². The van der Waals surface area contributed by atoms with Crippen molar-refractivity contribution < 1.29 is 27.9 Å². The number of fused-ring (bicyclic) bond motifs is 1. The molecule has 0 unspecified atom stereocenters. The van der Waals surface area contributed by atoms with Crippen LogP contribution in [0.1, 0.15) is 70.5 Å². The standard InChI is InChI=1S/C21H35N5O2.C2HF3O2/c1-14-16(18(27)26-11-7-6-8-17(26)23-14)9-10-22-19(28)24-15-12-20(2,3)25-21(4,5)13-15;3-2(4,5)1(6)7/h15,25H,6-13H2,1-5H3,(H2,22,24,28);(H,6,7). The molecule has 1 aromatic rings. The Labute approximate surface area is 202 Å². The van der Waals surface area contributed by atoms with Crippen LogP contribution >= 0.6 is 0 Å². The van der Waals surface area contributed by atoms with E-state index >= 15 is 0 Å². The van der Waals surface area contributed by atoms with Crippen LogP contribution in [0.5, 0.6) is 0 Å². The molecule has 0 spiro atoms. The number of nitrogens with zero attached hydrogens (tertiary/aromatic N) is 2. The van der Waals surface area contributed by atoms with E-state index in [2.05, 4.69) is 48.6 Å². The molecule has 1 aromatic heterocycles. The Bertz CT molecular complexity index is 973. The number of carboxylic acid groups (broad SMARTS) is 1. The highest BCUT2D eigenvalue weighted by Crippen LogP contribution is 2.28. The summed E-state index contributed by atoms with van der Waals surface area (Å²) in [4.78, 5) is 38.7. The Hall–Kier alpha value is -2.63. The van der Waals surface area contributed by atoms with E-state index in [0.717, 1.165) is 55.7 Å². The second-order valence-corrected chi connectivity index (χ2v) is 10.5. The SMILES string of the molecule is Cc1nc2n(c(=O)c1CCNC(=O)NC1CC(C)(C)NC(C)(C)C1)CCCC2.O=C(O)C(F)(F)F. The Balaban J connectivity index is 0.000000540. The summed E-state index contributed by atoms with van der Waals surface area (Å²) in [6.07, 6.45) is 0.199. The third-order valence-corrected chi connectivity index (χ3v) is 6.01. The number of carbonyl (C=O) groups is 2. The highest BCUT2D eigenvalue weighted by Gasteiger charge is 2.39. The van der Waals surface area contributed by atoms with Crippen molar-refractivity contribution in [2.45, 2.75) is 103 Å². The van der Waals surface area contributed by atoms with Crippen molar-refractivity contribution in [1.29, 1.82) is 0 Å². The number of hydrogen-bond acceptors (Lipinski definition) is 5. The summed E-state index contributed by atoms with van der Waals surface area (Å²) in [5.41, 5.74) is 1.55. The molecule has 0 atom stereocenters. The summed E-state index contributed by atoms with van der Waals surface area (Å²) in [6, 6.07) is -0.0359. The molecule has 0 saturated carbocycles. The summed E-state index contributed by atoms with van der Waals surface area (Å²) < 4.78 is 33.5. The van der Waals surface area contributed by atoms with Crippen molar-refractivity contribution in [3.8, 4) is 0 Å². The fourth-order valence-electron chi connectivity index (χ4n) is 4.98. The van der Waals surface area contributed by atoms with E-state index in [0.29, 0.717) is 13.0 Å². The van der Waals surface area contributed by atoms with Gasteiger partial charge in [0.1, 0.15) is 5.82 Å². The lowest BCUT2D eigenvalue weighted by Crippen LogP contribution is -2.62. The fraction of sp³-hybridized carbons (Fsp3) is 0.739. The fourth-order valence-corrected chi connectivity index (χ4v) is 4.98. The number of carbonyl (C=O) groups excluding carboxylic acids is 1. The second kappa shape index (κ2) is 11.0. The molecule has 4 N–H and O–H groups in total. The number of urea groups is 1. The van der Waals surface area contributed by atoms with Gasteiger partial charge in [-0.2, -0.15) is 13.2 Å². The van der Waals surface area contributed by atoms with Gasteiger partial charge < -0.3 is 21.1 Å². The quantitative estimate of drug-likeness (QED) is 0.501. The van der Waals surface area contributed by atoms with Crippen molar-refractivity contribution in [1.82, 2.24) is 25.5 Å². The van der Waals surface area contributed by atoms with Crippen molar-refractivity contribution in [3.63, 3.8) is 0 Å². The number of halogens is 3. The van der Waals surface area contributed by atoms with Crippen molar-refractivity contribution in [2.75, 3.05) is 6.54 Å². The molecular formula is C23H36F3N5O4. The van der Waals surface area contributed by atoms with E-state index in [-0.39, 0.29) is 28.7 Å².